The molecule has 126 valence electrons. The summed E-state index contributed by atoms with van der Waals surface area (Å²) in [6.45, 7) is 0.761. The second kappa shape index (κ2) is 6.69. The molecule has 0 spiro atoms. The number of hydrogen-bond acceptors (Lipinski definition) is 4. The first-order chi connectivity index (χ1) is 11.2. The molecule has 2 bridgehead atoms. The molecule has 23 heavy (non-hydrogen) atoms. The highest BCUT2D eigenvalue weighted by Gasteiger charge is 2.39. The number of benzene rings is 1. The maximum atomic E-state index is 12.5. The van der Waals surface area contributed by atoms with Crippen LogP contribution in [0.3, 0.4) is 0 Å². The van der Waals surface area contributed by atoms with Gasteiger partial charge in [0.05, 0.1) is 21.3 Å². The van der Waals surface area contributed by atoms with Gasteiger partial charge < -0.3 is 19.5 Å². The molecular weight excluding hydrogens is 294 g/mol. The van der Waals surface area contributed by atoms with Gasteiger partial charge in [-0.15, -0.1) is 0 Å². The zero-order chi connectivity index (χ0) is 16.4. The molecule has 1 aromatic carbocycles. The van der Waals surface area contributed by atoms with Crippen LogP contribution in [0.4, 0.5) is 0 Å². The Morgan fingerprint density at radius 1 is 1.09 bits per heavy atom. The van der Waals surface area contributed by atoms with E-state index >= 15 is 0 Å². The third-order valence-corrected chi connectivity index (χ3v) is 5.34. The molecule has 0 aliphatic heterocycles. The third kappa shape index (κ3) is 3.09. The van der Waals surface area contributed by atoms with Crippen LogP contribution >= 0.6 is 0 Å². The fourth-order valence-corrected chi connectivity index (χ4v) is 4.16. The highest BCUT2D eigenvalue weighted by atomic mass is 16.5. The van der Waals surface area contributed by atoms with Crippen LogP contribution in [0.2, 0.25) is 0 Å². The summed E-state index contributed by atoms with van der Waals surface area (Å²) in [4.78, 5) is 12.5. The molecule has 5 heteroatoms. The van der Waals surface area contributed by atoms with E-state index in [9.17, 15) is 4.79 Å². The first-order valence-corrected chi connectivity index (χ1v) is 8.24. The van der Waals surface area contributed by atoms with Crippen LogP contribution in [0.1, 0.15) is 36.0 Å². The van der Waals surface area contributed by atoms with Crippen LogP contribution in [0.5, 0.6) is 17.2 Å². The third-order valence-electron chi connectivity index (χ3n) is 5.34. The van der Waals surface area contributed by atoms with E-state index in [1.54, 1.807) is 33.5 Å². The lowest BCUT2D eigenvalue weighted by Gasteiger charge is -2.22. The number of carbonyl (C=O) groups is 1. The second-order valence-electron chi connectivity index (χ2n) is 6.56. The van der Waals surface area contributed by atoms with Gasteiger partial charge in [0.2, 0.25) is 5.75 Å². The number of carbonyl (C=O) groups excluding carboxylic acids is 1. The van der Waals surface area contributed by atoms with Gasteiger partial charge in [-0.3, -0.25) is 4.79 Å². The van der Waals surface area contributed by atoms with Crippen LogP contribution in [-0.4, -0.2) is 33.8 Å². The van der Waals surface area contributed by atoms with Gasteiger partial charge in [0, 0.05) is 12.1 Å². The average molecular weight is 319 g/mol. The fraction of sp³-hybridized carbons (Fsp3) is 0.611. The number of fused-ring (bicyclic) bond motifs is 2. The molecular formula is C18H25NO4. The predicted molar refractivity (Wildman–Crippen MR) is 87.4 cm³/mol. The van der Waals surface area contributed by atoms with Gasteiger partial charge in [-0.25, -0.2) is 0 Å². The van der Waals surface area contributed by atoms with E-state index in [0.29, 0.717) is 28.7 Å². The van der Waals surface area contributed by atoms with Gasteiger partial charge >= 0.3 is 0 Å². The van der Waals surface area contributed by atoms with Crippen molar-refractivity contribution >= 4 is 5.91 Å². The van der Waals surface area contributed by atoms with E-state index in [2.05, 4.69) is 5.32 Å². The lowest BCUT2D eigenvalue weighted by atomic mass is 9.89. The minimum absolute atomic E-state index is 0.0907. The van der Waals surface area contributed by atoms with Gasteiger partial charge in [-0.2, -0.15) is 0 Å². The number of rotatable bonds is 6. The van der Waals surface area contributed by atoms with E-state index in [1.807, 2.05) is 0 Å². The van der Waals surface area contributed by atoms with Crippen molar-refractivity contribution in [1.82, 2.24) is 5.32 Å². The average Bonchev–Trinajstić information content (AvgIpc) is 3.21. The van der Waals surface area contributed by atoms with Gasteiger partial charge in [-0.05, 0) is 49.1 Å². The number of amides is 1. The molecule has 0 aromatic heterocycles. The summed E-state index contributed by atoms with van der Waals surface area (Å²) >= 11 is 0. The topological polar surface area (TPSA) is 56.8 Å². The maximum Gasteiger partial charge on any atom is 0.251 e. The normalized spacial score (nSPS) is 25.3. The van der Waals surface area contributed by atoms with Gasteiger partial charge in [-0.1, -0.05) is 6.42 Å². The Bertz CT molecular complexity index is 561. The molecule has 2 aliphatic carbocycles. The predicted octanol–water partition coefficient (Wildman–Crippen LogP) is 2.88. The minimum Gasteiger partial charge on any atom is -0.493 e. The number of nitrogens with one attached hydrogen (secondary N) is 1. The minimum atomic E-state index is -0.0907. The van der Waals surface area contributed by atoms with Crippen LogP contribution in [0, 0.1) is 17.8 Å². The van der Waals surface area contributed by atoms with Gasteiger partial charge in [0.1, 0.15) is 0 Å². The van der Waals surface area contributed by atoms with E-state index < -0.39 is 0 Å². The number of ether oxygens (including phenoxy) is 3. The fourth-order valence-electron chi connectivity index (χ4n) is 4.16. The lowest BCUT2D eigenvalue weighted by molar-refractivity contribution is 0.0941. The second-order valence-corrected chi connectivity index (χ2v) is 6.56. The molecule has 0 unspecified atom stereocenters. The van der Waals surface area contributed by atoms with E-state index in [4.69, 9.17) is 14.2 Å². The molecule has 1 amide bonds. The summed E-state index contributed by atoms with van der Waals surface area (Å²) in [5.41, 5.74) is 0.530. The Kier molecular flexibility index (Phi) is 4.64. The molecule has 2 aliphatic rings. The van der Waals surface area contributed by atoms with Crippen LogP contribution in [0.15, 0.2) is 12.1 Å². The molecule has 0 heterocycles. The first kappa shape index (κ1) is 16.0. The molecule has 1 N–H and O–H groups in total. The zero-order valence-electron chi connectivity index (χ0n) is 14.1. The molecule has 0 saturated heterocycles. The highest BCUT2D eigenvalue weighted by Crippen LogP contribution is 2.48. The Labute approximate surface area is 137 Å². The van der Waals surface area contributed by atoms with Crippen molar-refractivity contribution in [3.63, 3.8) is 0 Å². The largest absolute Gasteiger partial charge is 0.493 e. The summed E-state index contributed by atoms with van der Waals surface area (Å²) < 4.78 is 15.9. The Morgan fingerprint density at radius 2 is 1.78 bits per heavy atom. The molecule has 1 aromatic rings. The summed E-state index contributed by atoms with van der Waals surface area (Å²) in [5, 5.41) is 3.07. The molecule has 5 nitrogen and oxygen atoms in total. The smallest absolute Gasteiger partial charge is 0.251 e. The SMILES string of the molecule is COc1cc(C(=O)NC[C@H]2C[C@H]3CC[C@@H]2C3)cc(OC)c1OC. The van der Waals surface area contributed by atoms with Crippen molar-refractivity contribution in [1.29, 1.82) is 0 Å². The maximum absolute atomic E-state index is 12.5. The van der Waals surface area contributed by atoms with E-state index in [1.165, 1.54) is 25.7 Å². The van der Waals surface area contributed by atoms with Crippen molar-refractivity contribution in [3.8, 4) is 17.2 Å². The highest BCUT2D eigenvalue weighted by molar-refractivity contribution is 5.95. The van der Waals surface area contributed by atoms with Crippen molar-refractivity contribution in [2.45, 2.75) is 25.7 Å². The summed E-state index contributed by atoms with van der Waals surface area (Å²) in [5.74, 6) is 3.74. The quantitative estimate of drug-likeness (QED) is 0.876. The first-order valence-electron chi connectivity index (χ1n) is 8.24. The van der Waals surface area contributed by atoms with Crippen molar-refractivity contribution in [2.75, 3.05) is 27.9 Å². The van der Waals surface area contributed by atoms with Crippen LogP contribution in [-0.2, 0) is 0 Å². The lowest BCUT2D eigenvalue weighted by Crippen LogP contribution is -2.31. The van der Waals surface area contributed by atoms with Crippen LogP contribution < -0.4 is 19.5 Å². The zero-order valence-corrected chi connectivity index (χ0v) is 14.1. The Hall–Kier alpha value is -1.91. The summed E-state index contributed by atoms with van der Waals surface area (Å²) in [6.07, 6.45) is 5.32. The Balaban J connectivity index is 1.69. The van der Waals surface area contributed by atoms with Crippen molar-refractivity contribution in [2.24, 2.45) is 17.8 Å². The van der Waals surface area contributed by atoms with Crippen molar-refractivity contribution < 1.29 is 19.0 Å². The molecule has 0 radical (unpaired) electrons. The monoisotopic (exact) mass is 319 g/mol. The summed E-state index contributed by atoms with van der Waals surface area (Å²) in [6, 6.07) is 3.38. The van der Waals surface area contributed by atoms with E-state index in [0.717, 1.165) is 18.4 Å². The molecule has 2 saturated carbocycles. The Morgan fingerprint density at radius 3 is 2.26 bits per heavy atom. The van der Waals surface area contributed by atoms with Crippen LogP contribution in [0.25, 0.3) is 0 Å². The van der Waals surface area contributed by atoms with E-state index in [-0.39, 0.29) is 5.91 Å². The molecule has 3 atom stereocenters. The summed E-state index contributed by atoms with van der Waals surface area (Å²) in [7, 11) is 4.65. The molecule has 2 fully saturated rings. The van der Waals surface area contributed by atoms with Crippen molar-refractivity contribution in [3.05, 3.63) is 17.7 Å². The number of hydrogen-bond donors (Lipinski definition) is 1. The standard InChI is InChI=1S/C18H25NO4/c1-21-15-8-13(9-16(22-2)17(15)23-3)18(20)19-10-14-7-11-4-5-12(14)6-11/h8-9,11-12,14H,4-7,10H2,1-3H3,(H,19,20)/t11-,12+,14+/m0/s1. The van der Waals surface area contributed by atoms with Gasteiger partial charge in [0.15, 0.2) is 11.5 Å². The molecule has 3 rings (SSSR count). The number of methoxy groups -OCH3 is 3. The van der Waals surface area contributed by atoms with Gasteiger partial charge in [0.25, 0.3) is 5.91 Å².